The Hall–Kier alpha value is -2.67. The van der Waals surface area contributed by atoms with Crippen LogP contribution in [-0.4, -0.2) is 18.0 Å². The summed E-state index contributed by atoms with van der Waals surface area (Å²) < 4.78 is 23.5. The molecular weight excluding hydrogens is 329 g/mol. The molecule has 0 saturated carbocycles. The molecule has 0 radical (unpaired) electrons. The van der Waals surface area contributed by atoms with Gasteiger partial charge < -0.3 is 9.47 Å². The SMILES string of the molecule is COc1ccc(OC(=O)Cc2c(F)cccc2Cl)c([N+](=O)[O-])c1. The van der Waals surface area contributed by atoms with Crippen molar-refractivity contribution in [1.29, 1.82) is 0 Å². The Kier molecular flexibility index (Phi) is 5.13. The number of nitro benzene ring substituents is 1. The normalized spacial score (nSPS) is 10.2. The minimum absolute atomic E-state index is 0.0321. The van der Waals surface area contributed by atoms with Gasteiger partial charge in [-0.2, -0.15) is 0 Å². The van der Waals surface area contributed by atoms with Crippen molar-refractivity contribution in [2.24, 2.45) is 0 Å². The van der Waals surface area contributed by atoms with Gasteiger partial charge in [0.15, 0.2) is 0 Å². The highest BCUT2D eigenvalue weighted by molar-refractivity contribution is 6.31. The van der Waals surface area contributed by atoms with Gasteiger partial charge in [-0.15, -0.1) is 0 Å². The van der Waals surface area contributed by atoms with Gasteiger partial charge >= 0.3 is 11.7 Å². The molecule has 0 heterocycles. The van der Waals surface area contributed by atoms with E-state index in [9.17, 15) is 19.3 Å². The van der Waals surface area contributed by atoms with Gasteiger partial charge in [0.25, 0.3) is 0 Å². The Balaban J connectivity index is 2.22. The molecule has 0 bridgehead atoms. The predicted molar refractivity (Wildman–Crippen MR) is 80.4 cm³/mol. The third-order valence-corrected chi connectivity index (χ3v) is 3.32. The maximum absolute atomic E-state index is 13.6. The molecule has 0 amide bonds. The first-order valence-electron chi connectivity index (χ1n) is 6.38. The lowest BCUT2D eigenvalue weighted by molar-refractivity contribution is -0.385. The summed E-state index contributed by atoms with van der Waals surface area (Å²) in [6, 6.07) is 7.76. The second kappa shape index (κ2) is 7.06. The smallest absolute Gasteiger partial charge is 0.316 e. The highest BCUT2D eigenvalue weighted by Crippen LogP contribution is 2.31. The minimum atomic E-state index is -0.870. The topological polar surface area (TPSA) is 78.7 Å². The van der Waals surface area contributed by atoms with Crippen molar-refractivity contribution in [2.75, 3.05) is 7.11 Å². The summed E-state index contributed by atoms with van der Waals surface area (Å²) >= 11 is 5.83. The van der Waals surface area contributed by atoms with Crippen LogP contribution in [-0.2, 0) is 11.2 Å². The van der Waals surface area contributed by atoms with Gasteiger partial charge in [-0.1, -0.05) is 17.7 Å². The van der Waals surface area contributed by atoms with E-state index in [-0.39, 0.29) is 22.1 Å². The Morgan fingerprint density at radius 3 is 2.70 bits per heavy atom. The molecule has 6 nitrogen and oxygen atoms in total. The molecule has 2 aromatic rings. The Labute approximate surface area is 135 Å². The number of nitrogens with zero attached hydrogens (tertiary/aromatic N) is 1. The van der Waals surface area contributed by atoms with Gasteiger partial charge in [-0.05, 0) is 24.3 Å². The van der Waals surface area contributed by atoms with E-state index in [1.807, 2.05) is 0 Å². The molecule has 23 heavy (non-hydrogen) atoms. The van der Waals surface area contributed by atoms with Crippen molar-refractivity contribution in [1.82, 2.24) is 0 Å². The summed E-state index contributed by atoms with van der Waals surface area (Å²) in [5, 5.41) is 11.1. The number of carbonyl (C=O) groups excluding carboxylic acids is 1. The lowest BCUT2D eigenvalue weighted by atomic mass is 10.1. The van der Waals surface area contributed by atoms with Crippen molar-refractivity contribution in [3.05, 3.63) is 62.9 Å². The van der Waals surface area contributed by atoms with Crippen molar-refractivity contribution >= 4 is 23.3 Å². The standard InChI is InChI=1S/C15H11ClFNO5/c1-22-9-5-6-14(13(7-9)18(20)21)23-15(19)8-10-11(16)3-2-4-12(10)17/h2-7H,8H2,1H3. The number of nitro groups is 1. The molecule has 120 valence electrons. The Morgan fingerprint density at radius 2 is 2.09 bits per heavy atom. The molecule has 2 rings (SSSR count). The van der Waals surface area contributed by atoms with E-state index in [1.165, 1.54) is 31.4 Å². The fourth-order valence-corrected chi connectivity index (χ4v) is 2.09. The Bertz CT molecular complexity index is 745. The van der Waals surface area contributed by atoms with Gasteiger partial charge in [0.2, 0.25) is 5.75 Å². The van der Waals surface area contributed by atoms with Crippen molar-refractivity contribution < 1.29 is 23.6 Å². The molecule has 0 unspecified atom stereocenters. The zero-order valence-electron chi connectivity index (χ0n) is 11.9. The summed E-state index contributed by atoms with van der Waals surface area (Å²) in [5.41, 5.74) is -0.465. The molecule has 0 aliphatic rings. The van der Waals surface area contributed by atoms with Crippen LogP contribution >= 0.6 is 11.6 Å². The number of ether oxygens (including phenoxy) is 2. The van der Waals surface area contributed by atoms with Crippen molar-refractivity contribution in [3.63, 3.8) is 0 Å². The monoisotopic (exact) mass is 339 g/mol. The van der Waals surface area contributed by atoms with Crippen molar-refractivity contribution in [3.8, 4) is 11.5 Å². The van der Waals surface area contributed by atoms with Crippen LogP contribution in [0, 0.1) is 15.9 Å². The zero-order valence-corrected chi connectivity index (χ0v) is 12.7. The summed E-state index contributed by atoms with van der Waals surface area (Å²) in [5.74, 6) is -1.54. The number of methoxy groups -OCH3 is 1. The summed E-state index contributed by atoms with van der Waals surface area (Å²) in [6.07, 6.45) is -0.450. The highest BCUT2D eigenvalue weighted by atomic mass is 35.5. The molecule has 0 aliphatic carbocycles. The van der Waals surface area contributed by atoms with Gasteiger partial charge in [0, 0.05) is 10.6 Å². The number of carbonyl (C=O) groups is 1. The van der Waals surface area contributed by atoms with E-state index in [0.717, 1.165) is 12.1 Å². The van der Waals surface area contributed by atoms with E-state index in [2.05, 4.69) is 0 Å². The maximum Gasteiger partial charge on any atom is 0.316 e. The summed E-state index contributed by atoms with van der Waals surface area (Å²) in [7, 11) is 1.35. The molecule has 0 aromatic heterocycles. The average Bonchev–Trinajstić information content (AvgIpc) is 2.51. The van der Waals surface area contributed by atoms with Crippen LogP contribution in [0.2, 0.25) is 5.02 Å². The van der Waals surface area contributed by atoms with Crippen LogP contribution in [0.3, 0.4) is 0 Å². The van der Waals surface area contributed by atoms with Crippen LogP contribution < -0.4 is 9.47 Å². The molecule has 0 fully saturated rings. The quantitative estimate of drug-likeness (QED) is 0.360. The minimum Gasteiger partial charge on any atom is -0.496 e. The number of rotatable bonds is 5. The van der Waals surface area contributed by atoms with E-state index < -0.39 is 28.8 Å². The van der Waals surface area contributed by atoms with E-state index >= 15 is 0 Å². The van der Waals surface area contributed by atoms with Crippen LogP contribution in [0.25, 0.3) is 0 Å². The average molecular weight is 340 g/mol. The van der Waals surface area contributed by atoms with E-state index in [0.29, 0.717) is 0 Å². The molecule has 2 aromatic carbocycles. The van der Waals surface area contributed by atoms with Gasteiger partial charge in [-0.3, -0.25) is 14.9 Å². The first-order chi connectivity index (χ1) is 10.9. The van der Waals surface area contributed by atoms with Crippen LogP contribution in [0.15, 0.2) is 36.4 Å². The van der Waals surface area contributed by atoms with Crippen LogP contribution in [0.1, 0.15) is 5.56 Å². The lowest BCUT2D eigenvalue weighted by Gasteiger charge is -2.08. The molecule has 0 spiro atoms. The fourth-order valence-electron chi connectivity index (χ4n) is 1.86. The summed E-state index contributed by atoms with van der Waals surface area (Å²) in [4.78, 5) is 22.2. The second-order valence-corrected chi connectivity index (χ2v) is 4.85. The first kappa shape index (κ1) is 16.7. The predicted octanol–water partition coefficient (Wildman–Crippen LogP) is 3.54. The highest BCUT2D eigenvalue weighted by Gasteiger charge is 2.21. The fraction of sp³-hybridized carbons (Fsp3) is 0.133. The molecule has 0 saturated heterocycles. The third kappa shape index (κ3) is 3.95. The van der Waals surface area contributed by atoms with Gasteiger partial charge in [0.1, 0.15) is 11.6 Å². The lowest BCUT2D eigenvalue weighted by Crippen LogP contribution is -2.13. The van der Waals surface area contributed by atoms with E-state index in [4.69, 9.17) is 21.1 Å². The maximum atomic E-state index is 13.6. The molecule has 0 N–H and O–H groups in total. The number of hydrogen-bond donors (Lipinski definition) is 0. The molecule has 8 heteroatoms. The third-order valence-electron chi connectivity index (χ3n) is 2.97. The molecular formula is C15H11ClFNO5. The van der Waals surface area contributed by atoms with Gasteiger partial charge in [-0.25, -0.2) is 4.39 Å². The first-order valence-corrected chi connectivity index (χ1v) is 6.76. The number of benzene rings is 2. The van der Waals surface area contributed by atoms with Crippen LogP contribution in [0.4, 0.5) is 10.1 Å². The number of halogens is 2. The second-order valence-electron chi connectivity index (χ2n) is 4.44. The van der Waals surface area contributed by atoms with Gasteiger partial charge in [0.05, 0.1) is 24.5 Å². The Morgan fingerprint density at radius 1 is 1.35 bits per heavy atom. The number of esters is 1. The largest absolute Gasteiger partial charge is 0.496 e. The summed E-state index contributed by atoms with van der Waals surface area (Å²) in [6.45, 7) is 0. The molecule has 0 atom stereocenters. The number of hydrogen-bond acceptors (Lipinski definition) is 5. The van der Waals surface area contributed by atoms with Crippen molar-refractivity contribution in [2.45, 2.75) is 6.42 Å². The molecule has 0 aliphatic heterocycles. The van der Waals surface area contributed by atoms with E-state index in [1.54, 1.807) is 0 Å². The zero-order chi connectivity index (χ0) is 17.0. The van der Waals surface area contributed by atoms with Crippen LogP contribution in [0.5, 0.6) is 11.5 Å².